The van der Waals surface area contributed by atoms with Crippen molar-refractivity contribution in [2.75, 3.05) is 0 Å². The summed E-state index contributed by atoms with van der Waals surface area (Å²) < 4.78 is 40.2. The van der Waals surface area contributed by atoms with Crippen LogP contribution in [0, 0.1) is 0 Å². The van der Waals surface area contributed by atoms with Gasteiger partial charge >= 0.3 is 6.18 Å². The van der Waals surface area contributed by atoms with Gasteiger partial charge in [-0.25, -0.2) is 9.50 Å². The molecule has 29 heavy (non-hydrogen) atoms. The third-order valence-corrected chi connectivity index (χ3v) is 5.06. The van der Waals surface area contributed by atoms with Gasteiger partial charge in [-0.05, 0) is 45.0 Å². The molecule has 0 saturated carbocycles. The van der Waals surface area contributed by atoms with Crippen molar-refractivity contribution in [3.8, 4) is 11.3 Å². The highest BCUT2D eigenvalue weighted by molar-refractivity contribution is 7.16. The lowest BCUT2D eigenvalue weighted by Gasteiger charge is -2.18. The summed E-state index contributed by atoms with van der Waals surface area (Å²) in [6.07, 6.45) is -2.02. The molecule has 0 radical (unpaired) electrons. The van der Waals surface area contributed by atoms with Gasteiger partial charge in [-0.3, -0.25) is 4.79 Å². The van der Waals surface area contributed by atoms with Crippen LogP contribution in [-0.2, 0) is 11.0 Å². The van der Waals surface area contributed by atoms with Gasteiger partial charge in [0.15, 0.2) is 0 Å². The highest BCUT2D eigenvalue weighted by Gasteiger charge is 2.36. The Hall–Kier alpha value is -2.10. The molecule has 3 rings (SSSR count). The molecule has 0 atom stereocenters. The largest absolute Gasteiger partial charge is 0.445 e. The molecule has 0 unspecified atom stereocenters. The topological polar surface area (TPSA) is 59.3 Å². The zero-order chi connectivity index (χ0) is 21.6. The number of amides is 1. The van der Waals surface area contributed by atoms with Gasteiger partial charge < -0.3 is 5.32 Å². The average molecular weight is 463 g/mol. The van der Waals surface area contributed by atoms with E-state index in [0.717, 1.165) is 4.52 Å². The average Bonchev–Trinajstić information content (AvgIpc) is 3.09. The Labute approximate surface area is 178 Å². The van der Waals surface area contributed by atoms with Crippen LogP contribution in [0.5, 0.6) is 0 Å². The third-order valence-electron chi connectivity index (χ3n) is 3.56. The number of fused-ring (bicyclic) bond motifs is 1. The molecule has 0 fully saturated rings. The van der Waals surface area contributed by atoms with Crippen molar-refractivity contribution >= 4 is 51.5 Å². The van der Waals surface area contributed by atoms with Crippen LogP contribution in [-0.4, -0.2) is 26.0 Å². The van der Waals surface area contributed by atoms with Gasteiger partial charge in [0.25, 0.3) is 0 Å². The number of carbonyl (C=O) groups is 1. The Morgan fingerprint density at radius 2 is 1.93 bits per heavy atom. The van der Waals surface area contributed by atoms with Gasteiger partial charge in [-0.2, -0.15) is 13.2 Å². The normalized spacial score (nSPS) is 12.8. The standard InChI is InChI=1S/C18H15Cl2F3N4OS/c1-17(2,3)25-13(28)7-6-12-14(10-5-4-9(19)8-11(10)20)24-16-27(12)26-15(29-16)18(21,22)23/h4-8H,1-3H3,(H,25,28). The molecule has 5 nitrogen and oxygen atoms in total. The number of alkyl halides is 3. The minimum absolute atomic E-state index is 0.0224. The van der Waals surface area contributed by atoms with Crippen LogP contribution < -0.4 is 5.32 Å². The van der Waals surface area contributed by atoms with Crippen LogP contribution in [0.25, 0.3) is 22.3 Å². The summed E-state index contributed by atoms with van der Waals surface area (Å²) in [7, 11) is 0. The Kier molecular flexibility index (Phi) is 5.68. The Bertz CT molecular complexity index is 1110. The molecule has 3 aromatic rings. The number of nitrogens with zero attached hydrogens (tertiary/aromatic N) is 3. The first-order valence-corrected chi connectivity index (χ1v) is 9.85. The quantitative estimate of drug-likeness (QED) is 0.507. The fourth-order valence-electron chi connectivity index (χ4n) is 2.47. The van der Waals surface area contributed by atoms with Crippen molar-refractivity contribution in [3.63, 3.8) is 0 Å². The molecule has 0 saturated heterocycles. The molecule has 0 spiro atoms. The van der Waals surface area contributed by atoms with E-state index in [1.807, 2.05) is 20.8 Å². The highest BCUT2D eigenvalue weighted by Crippen LogP contribution is 2.37. The van der Waals surface area contributed by atoms with E-state index in [0.29, 0.717) is 27.6 Å². The highest BCUT2D eigenvalue weighted by atomic mass is 35.5. The first-order valence-electron chi connectivity index (χ1n) is 8.27. The van der Waals surface area contributed by atoms with Crippen molar-refractivity contribution < 1.29 is 18.0 Å². The SMILES string of the molecule is CC(C)(C)NC(=O)C=Cc1c(-c2ccc(Cl)cc2Cl)nc2sc(C(F)(F)F)nn12. The minimum atomic E-state index is -4.60. The van der Waals surface area contributed by atoms with E-state index < -0.39 is 22.6 Å². The summed E-state index contributed by atoms with van der Waals surface area (Å²) in [5.74, 6) is -0.410. The number of carbonyl (C=O) groups excluding carboxylic acids is 1. The molecule has 0 aliphatic carbocycles. The summed E-state index contributed by atoms with van der Waals surface area (Å²) >= 11 is 12.6. The second-order valence-corrected chi connectivity index (χ2v) is 8.94. The first-order chi connectivity index (χ1) is 13.3. The molecule has 11 heteroatoms. The summed E-state index contributed by atoms with van der Waals surface area (Å²) in [6.45, 7) is 5.43. The van der Waals surface area contributed by atoms with Crippen molar-refractivity contribution in [1.29, 1.82) is 0 Å². The molecule has 2 aromatic heterocycles. The maximum Gasteiger partial charge on any atom is 0.445 e. The van der Waals surface area contributed by atoms with Gasteiger partial charge in [0.1, 0.15) is 5.69 Å². The smallest absolute Gasteiger partial charge is 0.348 e. The van der Waals surface area contributed by atoms with E-state index in [1.165, 1.54) is 18.2 Å². The molecule has 154 valence electrons. The maximum absolute atomic E-state index is 13.1. The minimum Gasteiger partial charge on any atom is -0.348 e. The van der Waals surface area contributed by atoms with Gasteiger partial charge in [0.2, 0.25) is 15.9 Å². The predicted molar refractivity (Wildman–Crippen MR) is 108 cm³/mol. The van der Waals surface area contributed by atoms with E-state index in [1.54, 1.807) is 12.1 Å². The fraction of sp³-hybridized carbons (Fsp3) is 0.278. The number of nitrogens with one attached hydrogen (secondary N) is 1. The zero-order valence-electron chi connectivity index (χ0n) is 15.4. The van der Waals surface area contributed by atoms with Crippen LogP contribution in [0.4, 0.5) is 13.2 Å². The molecular weight excluding hydrogens is 448 g/mol. The van der Waals surface area contributed by atoms with Crippen LogP contribution in [0.1, 0.15) is 31.5 Å². The molecule has 1 N–H and O–H groups in total. The number of hydrogen-bond donors (Lipinski definition) is 1. The predicted octanol–water partition coefficient (Wildman–Crippen LogP) is 5.71. The molecule has 2 heterocycles. The fourth-order valence-corrected chi connectivity index (χ4v) is 3.75. The maximum atomic E-state index is 13.1. The van der Waals surface area contributed by atoms with Crippen LogP contribution >= 0.6 is 34.5 Å². The monoisotopic (exact) mass is 462 g/mol. The van der Waals surface area contributed by atoms with E-state index in [4.69, 9.17) is 23.2 Å². The van der Waals surface area contributed by atoms with Gasteiger partial charge in [0.05, 0.1) is 10.7 Å². The molecule has 1 amide bonds. The lowest BCUT2D eigenvalue weighted by atomic mass is 10.1. The molecular formula is C18H15Cl2F3N4OS. The van der Waals surface area contributed by atoms with Crippen LogP contribution in [0.3, 0.4) is 0 Å². The summed E-state index contributed by atoms with van der Waals surface area (Å²) in [5.41, 5.74) is 0.470. The van der Waals surface area contributed by atoms with Crippen molar-refractivity contribution in [2.45, 2.75) is 32.5 Å². The lowest BCUT2D eigenvalue weighted by molar-refractivity contribution is -0.138. The second kappa shape index (κ2) is 7.62. The molecule has 0 bridgehead atoms. The van der Waals surface area contributed by atoms with Gasteiger partial charge in [0, 0.05) is 22.2 Å². The van der Waals surface area contributed by atoms with Crippen LogP contribution in [0.2, 0.25) is 10.0 Å². The first kappa shape index (κ1) is 21.6. The van der Waals surface area contributed by atoms with Gasteiger partial charge in [-0.1, -0.05) is 34.5 Å². The molecule has 0 aliphatic heterocycles. The third kappa shape index (κ3) is 4.91. The molecule has 0 aliphatic rings. The molecule has 1 aromatic carbocycles. The van der Waals surface area contributed by atoms with E-state index >= 15 is 0 Å². The summed E-state index contributed by atoms with van der Waals surface area (Å²) in [4.78, 5) is 16.4. The van der Waals surface area contributed by atoms with E-state index in [-0.39, 0.29) is 15.7 Å². The number of rotatable bonds is 3. The summed E-state index contributed by atoms with van der Waals surface area (Å²) in [5, 5.41) is 6.00. The lowest BCUT2D eigenvalue weighted by Crippen LogP contribution is -2.39. The number of aromatic nitrogens is 3. The second-order valence-electron chi connectivity index (χ2n) is 7.14. The zero-order valence-corrected chi connectivity index (χ0v) is 17.8. The van der Waals surface area contributed by atoms with Crippen molar-refractivity contribution in [3.05, 3.63) is 45.0 Å². The van der Waals surface area contributed by atoms with E-state index in [2.05, 4.69) is 15.4 Å². The Balaban J connectivity index is 2.14. The van der Waals surface area contributed by atoms with Crippen molar-refractivity contribution in [2.24, 2.45) is 0 Å². The van der Waals surface area contributed by atoms with Crippen LogP contribution in [0.15, 0.2) is 24.3 Å². The van der Waals surface area contributed by atoms with Gasteiger partial charge in [-0.15, -0.1) is 5.10 Å². The number of hydrogen-bond acceptors (Lipinski definition) is 4. The number of benzene rings is 1. The number of imidazole rings is 1. The Morgan fingerprint density at radius 1 is 1.24 bits per heavy atom. The van der Waals surface area contributed by atoms with Crippen molar-refractivity contribution in [1.82, 2.24) is 19.9 Å². The van der Waals surface area contributed by atoms with E-state index in [9.17, 15) is 18.0 Å². The summed E-state index contributed by atoms with van der Waals surface area (Å²) in [6, 6.07) is 4.69. The Morgan fingerprint density at radius 3 is 2.52 bits per heavy atom. The number of halogens is 5.